The van der Waals surface area contributed by atoms with Gasteiger partial charge in [0.1, 0.15) is 12.4 Å². The Morgan fingerprint density at radius 1 is 1.07 bits per heavy atom. The van der Waals surface area contributed by atoms with E-state index in [2.05, 4.69) is 10.3 Å². The van der Waals surface area contributed by atoms with Crippen LogP contribution in [0.15, 0.2) is 54.9 Å². The van der Waals surface area contributed by atoms with Gasteiger partial charge in [0.05, 0.1) is 13.2 Å². The van der Waals surface area contributed by atoms with E-state index in [0.717, 1.165) is 28.9 Å². The fourth-order valence-electron chi connectivity index (χ4n) is 3.39. The zero-order valence-corrected chi connectivity index (χ0v) is 17.1. The van der Waals surface area contributed by atoms with Crippen molar-refractivity contribution in [2.24, 2.45) is 0 Å². The van der Waals surface area contributed by atoms with E-state index >= 15 is 0 Å². The number of carbonyl (C=O) groups is 1. The molecule has 2 heterocycles. The molecule has 6 nitrogen and oxygen atoms in total. The smallest absolute Gasteiger partial charge is 0.255 e. The topological polar surface area (TPSA) is 69.7 Å². The molecule has 154 valence electrons. The number of amides is 1. The molecule has 3 aromatic rings. The number of ether oxygens (including phenoxy) is 3. The Balaban J connectivity index is 1.47. The summed E-state index contributed by atoms with van der Waals surface area (Å²) in [6.07, 6.45) is 4.35. The number of rotatable bonds is 5. The maximum atomic E-state index is 12.8. The highest BCUT2D eigenvalue weighted by Crippen LogP contribution is 2.33. The first-order valence-corrected chi connectivity index (χ1v) is 9.94. The molecule has 1 amide bonds. The van der Waals surface area contributed by atoms with E-state index in [-0.39, 0.29) is 5.91 Å². The van der Waals surface area contributed by atoms with Crippen LogP contribution in [0.1, 0.15) is 33.5 Å². The van der Waals surface area contributed by atoms with Crippen LogP contribution in [0.3, 0.4) is 0 Å². The van der Waals surface area contributed by atoms with Gasteiger partial charge in [-0.05, 0) is 55.3 Å². The number of pyridine rings is 1. The van der Waals surface area contributed by atoms with E-state index in [1.165, 1.54) is 0 Å². The maximum absolute atomic E-state index is 12.8. The molecule has 30 heavy (non-hydrogen) atoms. The summed E-state index contributed by atoms with van der Waals surface area (Å²) < 4.78 is 17.3. The number of hydrogen-bond acceptors (Lipinski definition) is 5. The molecule has 6 heteroatoms. The molecule has 0 saturated heterocycles. The summed E-state index contributed by atoms with van der Waals surface area (Å²) in [5, 5.41) is 2.94. The van der Waals surface area contributed by atoms with E-state index < -0.39 is 0 Å². The standard InChI is InChI=1S/C24H24N2O4/c1-16-11-19(12-17(2)23(16)30-15-18-5-3-8-25-14-18)24(27)26-20-6-7-21-22(13-20)29-10-4-9-28-21/h3,5-8,11-14H,4,9-10,15H2,1-2H3,(H,26,27). The number of anilines is 1. The number of aryl methyl sites for hydroxylation is 2. The molecular weight excluding hydrogens is 380 g/mol. The Kier molecular flexibility index (Phi) is 5.84. The Hall–Kier alpha value is -3.54. The molecule has 0 radical (unpaired) electrons. The van der Waals surface area contributed by atoms with Crippen LogP contribution in [0.5, 0.6) is 17.2 Å². The molecule has 4 rings (SSSR count). The highest BCUT2D eigenvalue weighted by Gasteiger charge is 2.15. The zero-order chi connectivity index (χ0) is 20.9. The summed E-state index contributed by atoms with van der Waals surface area (Å²) in [6, 6.07) is 13.0. The van der Waals surface area contributed by atoms with E-state index in [1.807, 2.05) is 50.2 Å². The van der Waals surface area contributed by atoms with Crippen molar-refractivity contribution in [3.63, 3.8) is 0 Å². The van der Waals surface area contributed by atoms with Gasteiger partial charge >= 0.3 is 0 Å². The minimum atomic E-state index is -0.186. The highest BCUT2D eigenvalue weighted by atomic mass is 16.5. The van der Waals surface area contributed by atoms with Crippen molar-refractivity contribution < 1.29 is 19.0 Å². The first-order chi connectivity index (χ1) is 14.6. The Morgan fingerprint density at radius 3 is 2.57 bits per heavy atom. The second kappa shape index (κ2) is 8.86. The first-order valence-electron chi connectivity index (χ1n) is 9.94. The number of aromatic nitrogens is 1. The predicted molar refractivity (Wildman–Crippen MR) is 114 cm³/mol. The van der Waals surface area contributed by atoms with Crippen LogP contribution in [-0.2, 0) is 6.61 Å². The van der Waals surface area contributed by atoms with Gasteiger partial charge in [-0.1, -0.05) is 6.07 Å². The molecule has 0 atom stereocenters. The lowest BCUT2D eigenvalue weighted by Crippen LogP contribution is -2.13. The summed E-state index contributed by atoms with van der Waals surface area (Å²) in [7, 11) is 0. The van der Waals surface area contributed by atoms with Gasteiger partial charge in [-0.25, -0.2) is 0 Å². The van der Waals surface area contributed by atoms with Gasteiger partial charge in [0.2, 0.25) is 0 Å². The van der Waals surface area contributed by atoms with Gasteiger partial charge in [-0.15, -0.1) is 0 Å². The molecular formula is C24H24N2O4. The molecule has 0 unspecified atom stereocenters. The Labute approximate surface area is 175 Å². The Bertz CT molecular complexity index is 1030. The van der Waals surface area contributed by atoms with Crippen molar-refractivity contribution in [3.05, 3.63) is 77.1 Å². The minimum Gasteiger partial charge on any atom is -0.490 e. The van der Waals surface area contributed by atoms with Gasteiger partial charge in [-0.3, -0.25) is 9.78 Å². The van der Waals surface area contributed by atoms with Gasteiger partial charge in [0.15, 0.2) is 11.5 Å². The van der Waals surface area contributed by atoms with Crippen molar-refractivity contribution in [2.45, 2.75) is 26.9 Å². The number of benzene rings is 2. The summed E-state index contributed by atoms with van der Waals surface area (Å²) >= 11 is 0. The predicted octanol–water partition coefficient (Wildman–Crippen LogP) is 4.69. The zero-order valence-electron chi connectivity index (χ0n) is 17.1. The molecule has 0 fully saturated rings. The summed E-state index contributed by atoms with van der Waals surface area (Å²) in [6.45, 7) is 5.54. The fourth-order valence-corrected chi connectivity index (χ4v) is 3.39. The molecule has 1 aromatic heterocycles. The third-order valence-electron chi connectivity index (χ3n) is 4.83. The first kappa shape index (κ1) is 19.8. The lowest BCUT2D eigenvalue weighted by atomic mass is 10.0. The van der Waals surface area contributed by atoms with Crippen LogP contribution in [0.4, 0.5) is 5.69 Å². The van der Waals surface area contributed by atoms with Crippen molar-refractivity contribution in [1.82, 2.24) is 4.98 Å². The van der Waals surface area contributed by atoms with Crippen LogP contribution >= 0.6 is 0 Å². The summed E-state index contributed by atoms with van der Waals surface area (Å²) in [5.41, 5.74) is 4.04. The number of hydrogen-bond donors (Lipinski definition) is 1. The van der Waals surface area contributed by atoms with Crippen molar-refractivity contribution in [3.8, 4) is 17.2 Å². The van der Waals surface area contributed by atoms with Crippen LogP contribution < -0.4 is 19.5 Å². The minimum absolute atomic E-state index is 0.186. The normalized spacial score (nSPS) is 12.7. The van der Waals surface area contributed by atoms with Crippen LogP contribution in [0, 0.1) is 13.8 Å². The molecule has 1 N–H and O–H groups in total. The van der Waals surface area contributed by atoms with E-state index in [4.69, 9.17) is 14.2 Å². The van der Waals surface area contributed by atoms with E-state index in [0.29, 0.717) is 42.6 Å². The average Bonchev–Trinajstić information content (AvgIpc) is 2.99. The number of carbonyl (C=O) groups excluding carboxylic acids is 1. The quantitative estimate of drug-likeness (QED) is 0.668. The van der Waals surface area contributed by atoms with Crippen molar-refractivity contribution >= 4 is 11.6 Å². The SMILES string of the molecule is Cc1cc(C(=O)Nc2ccc3c(c2)OCCCO3)cc(C)c1OCc1cccnc1. The lowest BCUT2D eigenvalue weighted by Gasteiger charge is -2.15. The average molecular weight is 404 g/mol. The van der Waals surface area contributed by atoms with Crippen LogP contribution in [0.25, 0.3) is 0 Å². The third-order valence-corrected chi connectivity index (χ3v) is 4.83. The number of nitrogens with zero attached hydrogens (tertiary/aromatic N) is 1. The second-order valence-corrected chi connectivity index (χ2v) is 7.26. The van der Waals surface area contributed by atoms with Gasteiger partial charge in [0, 0.05) is 41.7 Å². The molecule has 0 spiro atoms. The van der Waals surface area contributed by atoms with Crippen molar-refractivity contribution in [2.75, 3.05) is 18.5 Å². The molecule has 0 saturated carbocycles. The summed E-state index contributed by atoms with van der Waals surface area (Å²) in [5.74, 6) is 1.95. The van der Waals surface area contributed by atoms with E-state index in [9.17, 15) is 4.79 Å². The van der Waals surface area contributed by atoms with Crippen molar-refractivity contribution in [1.29, 1.82) is 0 Å². The van der Waals surface area contributed by atoms with Crippen LogP contribution in [0.2, 0.25) is 0 Å². The fraction of sp³-hybridized carbons (Fsp3) is 0.250. The monoisotopic (exact) mass is 404 g/mol. The third kappa shape index (κ3) is 4.54. The van der Waals surface area contributed by atoms with Crippen LogP contribution in [-0.4, -0.2) is 24.1 Å². The van der Waals surface area contributed by atoms with Gasteiger partial charge in [0.25, 0.3) is 5.91 Å². The summed E-state index contributed by atoms with van der Waals surface area (Å²) in [4.78, 5) is 16.9. The number of nitrogens with one attached hydrogen (secondary N) is 1. The lowest BCUT2D eigenvalue weighted by molar-refractivity contribution is 0.102. The van der Waals surface area contributed by atoms with E-state index in [1.54, 1.807) is 18.5 Å². The molecule has 0 aliphatic carbocycles. The van der Waals surface area contributed by atoms with Gasteiger partial charge in [-0.2, -0.15) is 0 Å². The largest absolute Gasteiger partial charge is 0.490 e. The highest BCUT2D eigenvalue weighted by molar-refractivity contribution is 6.04. The number of fused-ring (bicyclic) bond motifs is 1. The molecule has 0 bridgehead atoms. The maximum Gasteiger partial charge on any atom is 0.255 e. The molecule has 1 aliphatic heterocycles. The molecule has 2 aromatic carbocycles. The molecule has 1 aliphatic rings. The second-order valence-electron chi connectivity index (χ2n) is 7.26. The Morgan fingerprint density at radius 2 is 1.83 bits per heavy atom. The van der Waals surface area contributed by atoms with Gasteiger partial charge < -0.3 is 19.5 Å².